The zero-order valence-electron chi connectivity index (χ0n) is 26.0. The number of aliphatic hydroxyl groups is 1. The molecule has 1 aromatic heterocycles. The highest BCUT2D eigenvalue weighted by molar-refractivity contribution is 6.39. The molecule has 0 saturated carbocycles. The van der Waals surface area contributed by atoms with E-state index in [9.17, 15) is 14.7 Å². The lowest BCUT2D eigenvalue weighted by atomic mass is 9.83. The molecule has 0 amide bonds. The standard InChI is InChI=1S/C33H47N5O5/c1-5-25(39)13-8-6-7-12-24(20-29(40)27(34)21-33(41)15-17-38(18-16-33)22(2)3)30(35)43-31(36)26-19-23-11-9-10-14-28(23)37-32(26)42-4/h9-11,14,19,22,24,34-36,41H,5-8,12-13,15-18,20-21H2,1-4H3/t24-/m1/s1. The van der Waals surface area contributed by atoms with Gasteiger partial charge in [-0.2, -0.15) is 0 Å². The normalized spacial score (nSPS) is 15.7. The summed E-state index contributed by atoms with van der Waals surface area (Å²) in [6.45, 7) is 7.50. The van der Waals surface area contributed by atoms with Crippen LogP contribution in [0.5, 0.6) is 5.88 Å². The van der Waals surface area contributed by atoms with E-state index in [1.807, 2.05) is 31.2 Å². The molecule has 3 rings (SSSR count). The van der Waals surface area contributed by atoms with Gasteiger partial charge in [0.15, 0.2) is 11.7 Å². The van der Waals surface area contributed by atoms with Crippen LogP contribution in [0.4, 0.5) is 0 Å². The van der Waals surface area contributed by atoms with Crippen LogP contribution in [0.1, 0.15) is 90.5 Å². The second kappa shape index (κ2) is 15.8. The predicted octanol–water partition coefficient (Wildman–Crippen LogP) is 5.71. The fourth-order valence-electron chi connectivity index (χ4n) is 5.47. The Morgan fingerprint density at radius 1 is 1.09 bits per heavy atom. The Kier molecular flexibility index (Phi) is 12.5. The van der Waals surface area contributed by atoms with Crippen LogP contribution < -0.4 is 4.74 Å². The summed E-state index contributed by atoms with van der Waals surface area (Å²) in [5, 5.41) is 37.7. The second-order valence-electron chi connectivity index (χ2n) is 11.9. The molecule has 0 aliphatic carbocycles. The van der Waals surface area contributed by atoms with Crippen molar-refractivity contribution in [1.29, 1.82) is 16.2 Å². The number of likely N-dealkylation sites (tertiary alicyclic amines) is 1. The minimum absolute atomic E-state index is 0.0203. The van der Waals surface area contributed by atoms with Crippen molar-refractivity contribution in [2.45, 2.75) is 96.6 Å². The van der Waals surface area contributed by atoms with Gasteiger partial charge in [-0.15, -0.1) is 0 Å². The molecule has 1 fully saturated rings. The monoisotopic (exact) mass is 593 g/mol. The van der Waals surface area contributed by atoms with Crippen LogP contribution in [0.25, 0.3) is 10.9 Å². The summed E-state index contributed by atoms with van der Waals surface area (Å²) in [7, 11) is 1.45. The molecular weight excluding hydrogens is 546 g/mol. The maximum absolute atomic E-state index is 13.2. The van der Waals surface area contributed by atoms with E-state index in [1.54, 1.807) is 6.07 Å². The number of ketones is 2. The summed E-state index contributed by atoms with van der Waals surface area (Å²) in [5.74, 6) is -1.24. The third kappa shape index (κ3) is 9.76. The smallest absolute Gasteiger partial charge is 0.226 e. The van der Waals surface area contributed by atoms with Gasteiger partial charge in [0.05, 0.1) is 29.5 Å². The largest absolute Gasteiger partial charge is 0.480 e. The van der Waals surface area contributed by atoms with E-state index in [-0.39, 0.29) is 47.6 Å². The van der Waals surface area contributed by atoms with E-state index >= 15 is 0 Å². The number of hydrogen-bond donors (Lipinski definition) is 4. The number of nitrogens with zero attached hydrogens (tertiary/aromatic N) is 2. The first-order chi connectivity index (χ1) is 20.5. The molecule has 1 saturated heterocycles. The molecule has 1 aromatic carbocycles. The lowest BCUT2D eigenvalue weighted by Gasteiger charge is -2.40. The van der Waals surface area contributed by atoms with E-state index in [0.717, 1.165) is 18.2 Å². The Balaban J connectivity index is 1.69. The molecule has 0 radical (unpaired) electrons. The number of pyridine rings is 1. The summed E-state index contributed by atoms with van der Waals surface area (Å²) in [5.41, 5.74) is -0.254. The zero-order valence-corrected chi connectivity index (χ0v) is 26.0. The van der Waals surface area contributed by atoms with Gasteiger partial charge >= 0.3 is 0 Å². The van der Waals surface area contributed by atoms with Crippen LogP contribution >= 0.6 is 0 Å². The van der Waals surface area contributed by atoms with E-state index in [0.29, 0.717) is 63.2 Å². The molecule has 10 heteroatoms. The summed E-state index contributed by atoms with van der Waals surface area (Å²) < 4.78 is 11.1. The van der Waals surface area contributed by atoms with E-state index in [2.05, 4.69) is 23.7 Å². The van der Waals surface area contributed by atoms with Gasteiger partial charge in [0, 0.05) is 56.1 Å². The van der Waals surface area contributed by atoms with Crippen LogP contribution in [0.3, 0.4) is 0 Å². The van der Waals surface area contributed by atoms with Gasteiger partial charge < -0.3 is 24.9 Å². The van der Waals surface area contributed by atoms with Crippen LogP contribution in [0.2, 0.25) is 0 Å². The number of rotatable bonds is 16. The molecule has 1 aliphatic rings. The SMILES string of the molecule is CCC(=O)CCCCC[C@H](CC(=O)C(=N)CC1(O)CCN(C(C)C)CC1)C(=N)OC(=N)c1cc2ccccc2nc1OC. The Morgan fingerprint density at radius 2 is 1.79 bits per heavy atom. The van der Waals surface area contributed by atoms with Gasteiger partial charge in [0.25, 0.3) is 0 Å². The number of aromatic nitrogens is 1. The number of Topliss-reactive ketones (excluding diaryl/α,β-unsaturated/α-hetero) is 2. The average molecular weight is 594 g/mol. The topological polar surface area (TPSA) is 161 Å². The molecule has 0 spiro atoms. The summed E-state index contributed by atoms with van der Waals surface area (Å²) in [4.78, 5) is 31.7. The average Bonchev–Trinajstić information content (AvgIpc) is 2.99. The first kappa shape index (κ1) is 34.0. The minimum Gasteiger partial charge on any atom is -0.480 e. The maximum atomic E-state index is 13.2. The third-order valence-electron chi connectivity index (χ3n) is 8.35. The van der Waals surface area contributed by atoms with Gasteiger partial charge in [-0.25, -0.2) is 4.98 Å². The molecule has 2 aromatic rings. The van der Waals surface area contributed by atoms with Crippen LogP contribution in [-0.4, -0.2) is 75.9 Å². The van der Waals surface area contributed by atoms with Gasteiger partial charge in [-0.1, -0.05) is 38.0 Å². The number of methoxy groups -OCH3 is 1. The van der Waals surface area contributed by atoms with E-state index in [4.69, 9.17) is 25.7 Å². The number of carbonyl (C=O) groups excluding carboxylic acids is 2. The summed E-state index contributed by atoms with van der Waals surface area (Å²) in [6, 6.07) is 9.52. The van der Waals surface area contributed by atoms with E-state index < -0.39 is 17.3 Å². The molecule has 10 nitrogen and oxygen atoms in total. The number of benzene rings is 1. The van der Waals surface area contributed by atoms with Crippen molar-refractivity contribution in [2.24, 2.45) is 5.92 Å². The lowest BCUT2D eigenvalue weighted by Crippen LogP contribution is -2.48. The van der Waals surface area contributed by atoms with Crippen LogP contribution in [-0.2, 0) is 14.3 Å². The van der Waals surface area contributed by atoms with Crippen molar-refractivity contribution in [2.75, 3.05) is 20.2 Å². The molecule has 1 atom stereocenters. The highest BCUT2D eigenvalue weighted by Gasteiger charge is 2.36. The zero-order chi connectivity index (χ0) is 31.6. The number of para-hydroxylation sites is 1. The molecule has 43 heavy (non-hydrogen) atoms. The molecule has 0 unspecified atom stereocenters. The molecular formula is C33H47N5O5. The van der Waals surface area contributed by atoms with Gasteiger partial charge in [0.1, 0.15) is 5.78 Å². The summed E-state index contributed by atoms with van der Waals surface area (Å²) >= 11 is 0. The number of ether oxygens (including phenoxy) is 2. The first-order valence-electron chi connectivity index (χ1n) is 15.3. The van der Waals surface area contributed by atoms with Crippen molar-refractivity contribution in [3.63, 3.8) is 0 Å². The number of hydrogen-bond acceptors (Lipinski definition) is 10. The highest BCUT2D eigenvalue weighted by atomic mass is 16.5. The highest BCUT2D eigenvalue weighted by Crippen LogP contribution is 2.29. The van der Waals surface area contributed by atoms with Crippen molar-refractivity contribution in [3.05, 3.63) is 35.9 Å². The fraction of sp³-hybridized carbons (Fsp3) is 0.576. The number of nitrogens with one attached hydrogen (secondary N) is 3. The molecule has 234 valence electrons. The van der Waals surface area contributed by atoms with Crippen molar-refractivity contribution in [3.8, 4) is 5.88 Å². The first-order valence-corrected chi connectivity index (χ1v) is 15.3. The van der Waals surface area contributed by atoms with E-state index in [1.165, 1.54) is 7.11 Å². The fourth-order valence-corrected chi connectivity index (χ4v) is 5.47. The lowest BCUT2D eigenvalue weighted by molar-refractivity contribution is -0.118. The maximum Gasteiger partial charge on any atom is 0.226 e. The van der Waals surface area contributed by atoms with Gasteiger partial charge in [0.2, 0.25) is 11.8 Å². The Bertz CT molecular complexity index is 1320. The number of carbonyl (C=O) groups is 2. The molecule has 0 bridgehead atoms. The van der Waals surface area contributed by atoms with Gasteiger partial charge in [-0.3, -0.25) is 20.4 Å². The van der Waals surface area contributed by atoms with Crippen molar-refractivity contribution < 1.29 is 24.2 Å². The Morgan fingerprint density at radius 3 is 2.44 bits per heavy atom. The van der Waals surface area contributed by atoms with Gasteiger partial charge in [-0.05, 0) is 51.7 Å². The third-order valence-corrected chi connectivity index (χ3v) is 8.35. The predicted molar refractivity (Wildman–Crippen MR) is 169 cm³/mol. The number of fused-ring (bicyclic) bond motifs is 1. The Labute approximate surface area is 254 Å². The van der Waals surface area contributed by atoms with Crippen molar-refractivity contribution in [1.82, 2.24) is 9.88 Å². The number of piperidine rings is 1. The Hall–Kier alpha value is -3.50. The number of unbranched alkanes of at least 4 members (excludes halogenated alkanes) is 2. The molecule has 1 aliphatic heterocycles. The second-order valence-corrected chi connectivity index (χ2v) is 11.9. The van der Waals surface area contributed by atoms with Crippen LogP contribution in [0, 0.1) is 22.1 Å². The van der Waals surface area contributed by atoms with Crippen molar-refractivity contribution >= 4 is 40.0 Å². The van der Waals surface area contributed by atoms with Crippen LogP contribution in [0.15, 0.2) is 30.3 Å². The summed E-state index contributed by atoms with van der Waals surface area (Å²) in [6.07, 6.45) is 4.45. The molecule has 2 heterocycles. The molecule has 4 N–H and O–H groups in total. The quantitative estimate of drug-likeness (QED) is 0.110. The minimum atomic E-state index is -1.09.